The third-order valence-corrected chi connectivity index (χ3v) is 3.37. The summed E-state index contributed by atoms with van der Waals surface area (Å²) in [6.07, 6.45) is 0. The Morgan fingerprint density at radius 3 is 2.33 bits per heavy atom. The summed E-state index contributed by atoms with van der Waals surface area (Å²) in [5.74, 6) is -0.814. The molecule has 0 saturated carbocycles. The highest BCUT2D eigenvalue weighted by atomic mass is 19.1. The van der Waals surface area contributed by atoms with Crippen LogP contribution in [0.5, 0.6) is 11.5 Å². The first-order valence-electron chi connectivity index (χ1n) is 6.34. The lowest BCUT2D eigenvalue weighted by Gasteiger charge is -2.08. The SMILES string of the molecule is COc1ccc(-c2cc(F)c3cc(O)ccc3c2)cc1F. The Hall–Kier alpha value is -2.62. The first-order chi connectivity index (χ1) is 10.1. The Kier molecular flexibility index (Phi) is 3.22. The van der Waals surface area contributed by atoms with Gasteiger partial charge in [-0.05, 0) is 52.9 Å². The van der Waals surface area contributed by atoms with E-state index in [0.717, 1.165) is 0 Å². The van der Waals surface area contributed by atoms with Gasteiger partial charge in [0.05, 0.1) is 7.11 Å². The number of halogens is 2. The van der Waals surface area contributed by atoms with Gasteiger partial charge >= 0.3 is 0 Å². The first kappa shape index (κ1) is 13.4. The highest BCUT2D eigenvalue weighted by Gasteiger charge is 2.09. The van der Waals surface area contributed by atoms with Crippen LogP contribution in [0.2, 0.25) is 0 Å². The van der Waals surface area contributed by atoms with Crippen LogP contribution in [0.1, 0.15) is 0 Å². The van der Waals surface area contributed by atoms with Crippen molar-refractivity contribution in [3.05, 3.63) is 60.2 Å². The molecule has 1 N–H and O–H groups in total. The van der Waals surface area contributed by atoms with Crippen molar-refractivity contribution < 1.29 is 18.6 Å². The minimum absolute atomic E-state index is 0.00430. The zero-order valence-corrected chi connectivity index (χ0v) is 11.2. The molecule has 0 atom stereocenters. The fourth-order valence-corrected chi connectivity index (χ4v) is 2.31. The molecule has 3 rings (SSSR count). The van der Waals surface area contributed by atoms with Crippen molar-refractivity contribution in [2.45, 2.75) is 0 Å². The number of methoxy groups -OCH3 is 1. The van der Waals surface area contributed by atoms with E-state index in [0.29, 0.717) is 21.9 Å². The summed E-state index contributed by atoms with van der Waals surface area (Å²) in [7, 11) is 1.39. The molecule has 21 heavy (non-hydrogen) atoms. The molecule has 2 nitrogen and oxygen atoms in total. The van der Waals surface area contributed by atoms with Crippen molar-refractivity contribution in [3.8, 4) is 22.6 Å². The maximum atomic E-state index is 14.1. The number of hydrogen-bond donors (Lipinski definition) is 1. The van der Waals surface area contributed by atoms with Crippen molar-refractivity contribution in [2.24, 2.45) is 0 Å². The van der Waals surface area contributed by atoms with Gasteiger partial charge in [-0.3, -0.25) is 0 Å². The number of benzene rings is 3. The van der Waals surface area contributed by atoms with Crippen LogP contribution in [0.4, 0.5) is 8.78 Å². The average molecular weight is 286 g/mol. The molecule has 0 fully saturated rings. The maximum absolute atomic E-state index is 14.1. The lowest BCUT2D eigenvalue weighted by molar-refractivity contribution is 0.386. The molecule has 3 aromatic rings. The first-order valence-corrected chi connectivity index (χ1v) is 6.34. The van der Waals surface area contributed by atoms with Gasteiger partial charge in [0.2, 0.25) is 0 Å². The van der Waals surface area contributed by atoms with Crippen LogP contribution in [0.3, 0.4) is 0 Å². The fraction of sp³-hybridized carbons (Fsp3) is 0.0588. The molecule has 0 radical (unpaired) electrons. The molecule has 0 aromatic heterocycles. The van der Waals surface area contributed by atoms with Crippen LogP contribution in [0, 0.1) is 11.6 Å². The van der Waals surface area contributed by atoms with E-state index in [4.69, 9.17) is 4.74 Å². The molecule has 0 aliphatic rings. The van der Waals surface area contributed by atoms with E-state index in [1.54, 1.807) is 18.2 Å². The second kappa shape index (κ2) is 5.05. The summed E-state index contributed by atoms with van der Waals surface area (Å²) in [6.45, 7) is 0. The molecular weight excluding hydrogens is 274 g/mol. The number of fused-ring (bicyclic) bond motifs is 1. The van der Waals surface area contributed by atoms with Gasteiger partial charge in [0.25, 0.3) is 0 Å². The zero-order chi connectivity index (χ0) is 15.0. The maximum Gasteiger partial charge on any atom is 0.165 e. The quantitative estimate of drug-likeness (QED) is 0.751. The summed E-state index contributed by atoms with van der Waals surface area (Å²) in [6, 6.07) is 12.0. The third-order valence-electron chi connectivity index (χ3n) is 3.37. The molecule has 0 spiro atoms. The van der Waals surface area contributed by atoms with Crippen molar-refractivity contribution in [2.75, 3.05) is 7.11 Å². The van der Waals surface area contributed by atoms with E-state index in [1.165, 1.54) is 37.4 Å². The molecule has 0 unspecified atom stereocenters. The standard InChI is InChI=1S/C17H12F2O2/c1-21-17-5-3-10(7-16(17)19)12-6-11-2-4-13(20)9-14(11)15(18)8-12/h2-9,20H,1H3. The predicted octanol–water partition coefficient (Wildman–Crippen LogP) is 4.50. The highest BCUT2D eigenvalue weighted by Crippen LogP contribution is 2.31. The van der Waals surface area contributed by atoms with E-state index < -0.39 is 11.6 Å². The summed E-state index contributed by atoms with van der Waals surface area (Å²) in [5, 5.41) is 10.4. The van der Waals surface area contributed by atoms with Gasteiger partial charge in [-0.2, -0.15) is 0 Å². The Morgan fingerprint density at radius 2 is 1.62 bits per heavy atom. The molecule has 0 amide bonds. The van der Waals surface area contributed by atoms with Crippen molar-refractivity contribution >= 4 is 10.8 Å². The number of phenols is 1. The second-order valence-corrected chi connectivity index (χ2v) is 4.71. The predicted molar refractivity (Wildman–Crippen MR) is 77.5 cm³/mol. The molecule has 0 heterocycles. The number of rotatable bonds is 2. The van der Waals surface area contributed by atoms with E-state index in [-0.39, 0.29) is 11.5 Å². The summed E-state index contributed by atoms with van der Waals surface area (Å²) < 4.78 is 32.7. The number of aromatic hydroxyl groups is 1. The van der Waals surface area contributed by atoms with Gasteiger partial charge < -0.3 is 9.84 Å². The van der Waals surface area contributed by atoms with E-state index >= 15 is 0 Å². The smallest absolute Gasteiger partial charge is 0.165 e. The lowest BCUT2D eigenvalue weighted by atomic mass is 10.0. The second-order valence-electron chi connectivity index (χ2n) is 4.71. The minimum atomic E-state index is -0.499. The average Bonchev–Trinajstić information content (AvgIpc) is 2.47. The monoisotopic (exact) mass is 286 g/mol. The van der Waals surface area contributed by atoms with Gasteiger partial charge in [-0.25, -0.2) is 8.78 Å². The van der Waals surface area contributed by atoms with Crippen LogP contribution in [-0.2, 0) is 0 Å². The van der Waals surface area contributed by atoms with Gasteiger partial charge in [0.1, 0.15) is 11.6 Å². The zero-order valence-electron chi connectivity index (χ0n) is 11.2. The lowest BCUT2D eigenvalue weighted by Crippen LogP contribution is -1.89. The minimum Gasteiger partial charge on any atom is -0.508 e. The van der Waals surface area contributed by atoms with Crippen LogP contribution < -0.4 is 4.74 Å². The molecule has 106 valence electrons. The Labute approximate surface area is 120 Å². The van der Waals surface area contributed by atoms with Crippen LogP contribution in [0.15, 0.2) is 48.5 Å². The number of ether oxygens (including phenoxy) is 1. The molecule has 0 saturated heterocycles. The molecule has 0 aliphatic heterocycles. The van der Waals surface area contributed by atoms with Crippen LogP contribution in [0.25, 0.3) is 21.9 Å². The Morgan fingerprint density at radius 1 is 0.857 bits per heavy atom. The highest BCUT2D eigenvalue weighted by molar-refractivity contribution is 5.89. The summed E-state index contributed by atoms with van der Waals surface area (Å²) in [5.41, 5.74) is 1.12. The van der Waals surface area contributed by atoms with Gasteiger partial charge in [-0.1, -0.05) is 12.1 Å². The molecule has 0 aliphatic carbocycles. The summed E-state index contributed by atoms with van der Waals surface area (Å²) in [4.78, 5) is 0. The van der Waals surface area contributed by atoms with Gasteiger partial charge in [0, 0.05) is 5.39 Å². The summed E-state index contributed by atoms with van der Waals surface area (Å²) >= 11 is 0. The van der Waals surface area contributed by atoms with Gasteiger partial charge in [-0.15, -0.1) is 0 Å². The molecule has 4 heteroatoms. The molecular formula is C17H12F2O2. The van der Waals surface area contributed by atoms with Gasteiger partial charge in [0.15, 0.2) is 11.6 Å². The fourth-order valence-electron chi connectivity index (χ4n) is 2.31. The van der Waals surface area contributed by atoms with E-state index in [2.05, 4.69) is 0 Å². The third kappa shape index (κ3) is 2.40. The largest absolute Gasteiger partial charge is 0.508 e. The number of hydrogen-bond acceptors (Lipinski definition) is 2. The van der Waals surface area contributed by atoms with Crippen molar-refractivity contribution in [1.29, 1.82) is 0 Å². The van der Waals surface area contributed by atoms with Crippen LogP contribution in [-0.4, -0.2) is 12.2 Å². The van der Waals surface area contributed by atoms with Crippen LogP contribution >= 0.6 is 0 Å². The topological polar surface area (TPSA) is 29.5 Å². The van der Waals surface area contributed by atoms with Crippen molar-refractivity contribution in [1.82, 2.24) is 0 Å². The van der Waals surface area contributed by atoms with Crippen molar-refractivity contribution in [3.63, 3.8) is 0 Å². The van der Waals surface area contributed by atoms with E-state index in [9.17, 15) is 13.9 Å². The normalized spacial score (nSPS) is 10.8. The Bertz CT molecular complexity index is 828. The van der Waals surface area contributed by atoms with E-state index in [1.807, 2.05) is 0 Å². The molecule has 3 aromatic carbocycles. The molecule has 0 bridgehead atoms. The Balaban J connectivity index is 2.17. The number of phenolic OH excluding ortho intramolecular Hbond substituents is 1.